The Bertz CT molecular complexity index is 912. The normalized spacial score (nSPS) is 20.3. The number of imidazole rings is 1. The van der Waals surface area contributed by atoms with E-state index in [2.05, 4.69) is 10.3 Å². The molecule has 0 radical (unpaired) electrons. The fourth-order valence-electron chi connectivity index (χ4n) is 3.31. The molecule has 1 N–H and O–H groups in total. The van der Waals surface area contributed by atoms with Gasteiger partial charge in [0.2, 0.25) is 5.91 Å². The first-order valence-electron chi connectivity index (χ1n) is 8.06. The van der Waals surface area contributed by atoms with Gasteiger partial charge in [0.1, 0.15) is 17.2 Å². The van der Waals surface area contributed by atoms with E-state index in [0.717, 1.165) is 16.5 Å². The molecule has 7 nitrogen and oxygen atoms in total. The maximum atomic E-state index is 12.8. The molecule has 3 aromatic rings. The number of amides is 2. The predicted molar refractivity (Wildman–Crippen MR) is 92.8 cm³/mol. The van der Waals surface area contributed by atoms with E-state index in [1.165, 1.54) is 18.3 Å². The Kier molecular flexibility index (Phi) is 3.84. The number of thiazole rings is 1. The summed E-state index contributed by atoms with van der Waals surface area (Å²) in [4.78, 5) is 31.3. The molecule has 130 valence electrons. The second-order valence-electron chi connectivity index (χ2n) is 6.29. The largest absolute Gasteiger partial charge is 0.466 e. The van der Waals surface area contributed by atoms with Crippen molar-refractivity contribution in [1.29, 1.82) is 0 Å². The van der Waals surface area contributed by atoms with E-state index in [-0.39, 0.29) is 23.8 Å². The number of hydrogen-bond donors (Lipinski definition) is 1. The molecule has 25 heavy (non-hydrogen) atoms. The molecule has 0 saturated carbocycles. The standard InChI is InChI=1S/C17H18N4O3S/c1-10-3-4-15(24-10)12-7-21(8-13(12)18-11(2)22)16(23)14-9-20-5-6-25-17(20)19-14/h3-6,9,12-13H,7-8H2,1-2H3,(H,18,22). The summed E-state index contributed by atoms with van der Waals surface area (Å²) in [7, 11) is 0. The molecule has 1 saturated heterocycles. The van der Waals surface area contributed by atoms with E-state index < -0.39 is 0 Å². The number of rotatable bonds is 3. The van der Waals surface area contributed by atoms with Crippen molar-refractivity contribution < 1.29 is 14.0 Å². The SMILES string of the molecule is CC(=O)NC1CN(C(=O)c2cn3ccsc3n2)CC1c1ccc(C)o1. The van der Waals surface area contributed by atoms with Gasteiger partial charge in [0.15, 0.2) is 4.96 Å². The minimum absolute atomic E-state index is 0.0646. The summed E-state index contributed by atoms with van der Waals surface area (Å²) in [6.07, 6.45) is 3.62. The second-order valence-corrected chi connectivity index (χ2v) is 7.16. The summed E-state index contributed by atoms with van der Waals surface area (Å²) in [5, 5.41) is 4.87. The van der Waals surface area contributed by atoms with Crippen LogP contribution >= 0.6 is 11.3 Å². The van der Waals surface area contributed by atoms with Crippen LogP contribution in [0.5, 0.6) is 0 Å². The van der Waals surface area contributed by atoms with Gasteiger partial charge in [-0.25, -0.2) is 4.98 Å². The van der Waals surface area contributed by atoms with Gasteiger partial charge in [-0.2, -0.15) is 0 Å². The van der Waals surface area contributed by atoms with Crippen molar-refractivity contribution >= 4 is 28.1 Å². The first-order valence-corrected chi connectivity index (χ1v) is 8.94. The van der Waals surface area contributed by atoms with Gasteiger partial charge in [-0.3, -0.25) is 14.0 Å². The van der Waals surface area contributed by atoms with Gasteiger partial charge in [-0.1, -0.05) is 0 Å². The number of likely N-dealkylation sites (tertiary alicyclic amines) is 1. The number of carbonyl (C=O) groups excluding carboxylic acids is 2. The lowest BCUT2D eigenvalue weighted by atomic mass is 10.0. The Morgan fingerprint density at radius 3 is 2.88 bits per heavy atom. The van der Waals surface area contributed by atoms with E-state index >= 15 is 0 Å². The molecule has 0 bridgehead atoms. The minimum Gasteiger partial charge on any atom is -0.466 e. The Morgan fingerprint density at radius 1 is 1.36 bits per heavy atom. The van der Waals surface area contributed by atoms with Gasteiger partial charge in [0.25, 0.3) is 5.91 Å². The van der Waals surface area contributed by atoms with Crippen molar-refractivity contribution in [2.75, 3.05) is 13.1 Å². The number of furan rings is 1. The zero-order valence-electron chi connectivity index (χ0n) is 13.9. The number of nitrogens with one attached hydrogen (secondary N) is 1. The first-order chi connectivity index (χ1) is 12.0. The Hall–Kier alpha value is -2.61. The number of carbonyl (C=O) groups is 2. The van der Waals surface area contributed by atoms with Crippen LogP contribution in [-0.2, 0) is 4.79 Å². The fourth-order valence-corrected chi connectivity index (χ4v) is 4.01. The predicted octanol–water partition coefficient (Wildman–Crippen LogP) is 2.04. The highest BCUT2D eigenvalue weighted by Gasteiger charge is 2.39. The van der Waals surface area contributed by atoms with Gasteiger partial charge in [-0.05, 0) is 19.1 Å². The summed E-state index contributed by atoms with van der Waals surface area (Å²) in [5.41, 5.74) is 0.421. The van der Waals surface area contributed by atoms with Crippen molar-refractivity contribution in [3.8, 4) is 0 Å². The third kappa shape index (κ3) is 2.93. The zero-order chi connectivity index (χ0) is 17.6. The molecule has 2 amide bonds. The molecular weight excluding hydrogens is 340 g/mol. The molecule has 8 heteroatoms. The molecule has 4 heterocycles. The van der Waals surface area contributed by atoms with Crippen molar-refractivity contribution in [1.82, 2.24) is 19.6 Å². The van der Waals surface area contributed by atoms with E-state index in [4.69, 9.17) is 4.42 Å². The molecular formula is C17H18N4O3S. The average molecular weight is 358 g/mol. The third-order valence-electron chi connectivity index (χ3n) is 4.43. The van der Waals surface area contributed by atoms with Crippen LogP contribution in [0, 0.1) is 6.92 Å². The van der Waals surface area contributed by atoms with Crippen LogP contribution in [0.25, 0.3) is 4.96 Å². The van der Waals surface area contributed by atoms with Gasteiger partial charge >= 0.3 is 0 Å². The Balaban J connectivity index is 1.58. The third-order valence-corrected chi connectivity index (χ3v) is 5.21. The van der Waals surface area contributed by atoms with Crippen LogP contribution in [0.2, 0.25) is 0 Å². The lowest BCUT2D eigenvalue weighted by Crippen LogP contribution is -2.39. The molecule has 1 fully saturated rings. The monoisotopic (exact) mass is 358 g/mol. The minimum atomic E-state index is -0.171. The number of fused-ring (bicyclic) bond motifs is 1. The highest BCUT2D eigenvalue weighted by molar-refractivity contribution is 7.15. The number of nitrogens with zero attached hydrogens (tertiary/aromatic N) is 3. The molecule has 0 aliphatic carbocycles. The van der Waals surface area contributed by atoms with Crippen molar-refractivity contribution in [2.24, 2.45) is 0 Å². The van der Waals surface area contributed by atoms with E-state index in [1.807, 2.05) is 35.0 Å². The quantitative estimate of drug-likeness (QED) is 0.777. The fraction of sp³-hybridized carbons (Fsp3) is 0.353. The van der Waals surface area contributed by atoms with Crippen LogP contribution in [-0.4, -0.2) is 45.2 Å². The van der Waals surface area contributed by atoms with Crippen LogP contribution in [0.1, 0.15) is 34.9 Å². The maximum absolute atomic E-state index is 12.8. The number of aromatic nitrogens is 2. The highest BCUT2D eigenvalue weighted by Crippen LogP contribution is 2.30. The smallest absolute Gasteiger partial charge is 0.274 e. The molecule has 2 unspecified atom stereocenters. The van der Waals surface area contributed by atoms with E-state index in [1.54, 1.807) is 11.1 Å². The van der Waals surface area contributed by atoms with Gasteiger partial charge < -0.3 is 14.6 Å². The summed E-state index contributed by atoms with van der Waals surface area (Å²) < 4.78 is 7.58. The topological polar surface area (TPSA) is 79.9 Å². The van der Waals surface area contributed by atoms with Gasteiger partial charge in [0, 0.05) is 37.8 Å². The van der Waals surface area contributed by atoms with Crippen LogP contribution in [0.15, 0.2) is 34.3 Å². The van der Waals surface area contributed by atoms with Crippen LogP contribution in [0.4, 0.5) is 0 Å². The van der Waals surface area contributed by atoms with Gasteiger partial charge in [-0.15, -0.1) is 11.3 Å². The maximum Gasteiger partial charge on any atom is 0.274 e. The van der Waals surface area contributed by atoms with Crippen molar-refractivity contribution in [2.45, 2.75) is 25.8 Å². The van der Waals surface area contributed by atoms with Crippen LogP contribution in [0.3, 0.4) is 0 Å². The van der Waals surface area contributed by atoms with Crippen molar-refractivity contribution in [3.63, 3.8) is 0 Å². The van der Waals surface area contributed by atoms with Crippen molar-refractivity contribution in [3.05, 3.63) is 47.1 Å². The molecule has 3 aromatic heterocycles. The van der Waals surface area contributed by atoms with Crippen LogP contribution < -0.4 is 5.32 Å². The summed E-state index contributed by atoms with van der Waals surface area (Å²) >= 11 is 1.49. The van der Waals surface area contributed by atoms with Gasteiger partial charge in [0.05, 0.1) is 12.0 Å². The summed E-state index contributed by atoms with van der Waals surface area (Å²) in [6, 6.07) is 3.64. The number of aryl methyl sites for hydroxylation is 1. The van der Waals surface area contributed by atoms with E-state index in [0.29, 0.717) is 18.8 Å². The lowest BCUT2D eigenvalue weighted by molar-refractivity contribution is -0.119. The zero-order valence-corrected chi connectivity index (χ0v) is 14.7. The Labute approximate surface area is 148 Å². The number of hydrogen-bond acceptors (Lipinski definition) is 5. The molecule has 0 aromatic carbocycles. The summed E-state index contributed by atoms with van der Waals surface area (Å²) in [5.74, 6) is 1.30. The summed E-state index contributed by atoms with van der Waals surface area (Å²) in [6.45, 7) is 4.29. The molecule has 1 aliphatic heterocycles. The second kappa shape index (κ2) is 6.03. The molecule has 2 atom stereocenters. The van der Waals surface area contributed by atoms with E-state index in [9.17, 15) is 9.59 Å². The average Bonchev–Trinajstić information content (AvgIpc) is 3.27. The first kappa shape index (κ1) is 15.9. The highest BCUT2D eigenvalue weighted by atomic mass is 32.1. The molecule has 4 rings (SSSR count). The molecule has 1 aliphatic rings. The molecule has 0 spiro atoms. The Morgan fingerprint density at radius 2 is 2.20 bits per heavy atom. The lowest BCUT2D eigenvalue weighted by Gasteiger charge is -2.16.